The van der Waals surface area contributed by atoms with E-state index in [2.05, 4.69) is 17.1 Å². The summed E-state index contributed by atoms with van der Waals surface area (Å²) in [4.78, 5) is 14.2. The number of para-hydroxylation sites is 1. The molecule has 0 saturated heterocycles. The largest absolute Gasteiger partial charge is 0.395 e. The molecular weight excluding hydrogens is 254 g/mol. The number of fused-ring (bicyclic) bond motifs is 1. The summed E-state index contributed by atoms with van der Waals surface area (Å²) >= 11 is 0. The van der Waals surface area contributed by atoms with Crippen molar-refractivity contribution in [3.8, 4) is 0 Å². The average Bonchev–Trinajstić information content (AvgIpc) is 2.90. The van der Waals surface area contributed by atoms with Crippen molar-refractivity contribution in [1.82, 2.24) is 15.1 Å². The van der Waals surface area contributed by atoms with E-state index >= 15 is 0 Å². The molecule has 1 amide bonds. The minimum absolute atomic E-state index is 0.0276. The lowest BCUT2D eigenvalue weighted by molar-refractivity contribution is 0.0714. The number of H-pyrrole nitrogens is 1. The lowest BCUT2D eigenvalue weighted by Gasteiger charge is -2.20. The van der Waals surface area contributed by atoms with Crippen LogP contribution in [0.4, 0.5) is 0 Å². The van der Waals surface area contributed by atoms with Crippen LogP contribution in [0.3, 0.4) is 0 Å². The van der Waals surface area contributed by atoms with Gasteiger partial charge in [-0.3, -0.25) is 9.89 Å². The van der Waals surface area contributed by atoms with Gasteiger partial charge in [-0.25, -0.2) is 0 Å². The Balaban J connectivity index is 2.17. The van der Waals surface area contributed by atoms with Gasteiger partial charge in [0, 0.05) is 18.5 Å². The summed E-state index contributed by atoms with van der Waals surface area (Å²) in [5, 5.41) is 17.0. The third kappa shape index (κ3) is 3.17. The summed E-state index contributed by atoms with van der Waals surface area (Å²) in [6.45, 7) is 3.11. The maximum Gasteiger partial charge on any atom is 0.275 e. The van der Waals surface area contributed by atoms with Crippen LogP contribution in [0.25, 0.3) is 10.9 Å². The van der Waals surface area contributed by atoms with Crippen LogP contribution in [0.15, 0.2) is 24.3 Å². The molecule has 5 heteroatoms. The zero-order valence-corrected chi connectivity index (χ0v) is 11.8. The highest BCUT2D eigenvalue weighted by Crippen LogP contribution is 2.17. The third-order valence-corrected chi connectivity index (χ3v) is 3.36. The predicted octanol–water partition coefficient (Wildman–Crippen LogP) is 2.19. The summed E-state index contributed by atoms with van der Waals surface area (Å²) in [5.41, 5.74) is 1.29. The Morgan fingerprint density at radius 1 is 1.30 bits per heavy atom. The molecule has 5 nitrogen and oxygen atoms in total. The maximum atomic E-state index is 12.5. The topological polar surface area (TPSA) is 69.2 Å². The molecule has 0 spiro atoms. The first-order valence-electron chi connectivity index (χ1n) is 7.11. The second kappa shape index (κ2) is 7.05. The van der Waals surface area contributed by atoms with Gasteiger partial charge in [-0.15, -0.1) is 0 Å². The van der Waals surface area contributed by atoms with E-state index < -0.39 is 0 Å². The number of carbonyl (C=O) groups excluding carboxylic acids is 1. The van der Waals surface area contributed by atoms with Crippen LogP contribution in [-0.4, -0.2) is 45.8 Å². The van der Waals surface area contributed by atoms with Crippen LogP contribution < -0.4 is 0 Å². The van der Waals surface area contributed by atoms with E-state index in [0.29, 0.717) is 18.8 Å². The Kier molecular flexibility index (Phi) is 5.12. The minimum atomic E-state index is -0.118. The van der Waals surface area contributed by atoms with E-state index in [4.69, 9.17) is 5.11 Å². The number of aromatic amines is 1. The van der Waals surface area contributed by atoms with Gasteiger partial charge in [0.15, 0.2) is 5.69 Å². The van der Waals surface area contributed by atoms with Gasteiger partial charge in [-0.2, -0.15) is 5.10 Å². The highest BCUT2D eigenvalue weighted by Gasteiger charge is 2.20. The first kappa shape index (κ1) is 14.5. The molecular formula is C15H21N3O2. The van der Waals surface area contributed by atoms with Crippen LogP contribution >= 0.6 is 0 Å². The number of rotatable bonds is 7. The minimum Gasteiger partial charge on any atom is -0.395 e. The molecule has 0 radical (unpaired) electrons. The molecule has 0 aliphatic rings. The Bertz CT molecular complexity index is 565. The fourth-order valence-electron chi connectivity index (χ4n) is 2.26. The number of nitrogens with one attached hydrogen (secondary N) is 1. The summed E-state index contributed by atoms with van der Waals surface area (Å²) in [6.07, 6.45) is 3.13. The zero-order valence-electron chi connectivity index (χ0n) is 11.8. The van der Waals surface area contributed by atoms with Crippen molar-refractivity contribution in [3.63, 3.8) is 0 Å². The van der Waals surface area contributed by atoms with E-state index in [1.54, 1.807) is 4.90 Å². The third-order valence-electron chi connectivity index (χ3n) is 3.36. The molecule has 20 heavy (non-hydrogen) atoms. The van der Waals surface area contributed by atoms with Crippen molar-refractivity contribution in [1.29, 1.82) is 0 Å². The van der Waals surface area contributed by atoms with Gasteiger partial charge in [-0.1, -0.05) is 38.0 Å². The molecule has 1 aromatic carbocycles. The van der Waals surface area contributed by atoms with E-state index in [0.717, 1.165) is 30.2 Å². The number of benzene rings is 1. The van der Waals surface area contributed by atoms with Crippen LogP contribution in [0.2, 0.25) is 0 Å². The number of hydrogen-bond acceptors (Lipinski definition) is 3. The SMILES string of the molecule is CCCCCN(CCO)C(=O)c1n[nH]c2ccccc12. The summed E-state index contributed by atoms with van der Waals surface area (Å²) < 4.78 is 0. The standard InChI is InChI=1S/C15H21N3O2/c1-2-3-6-9-18(10-11-19)15(20)14-12-7-4-5-8-13(12)16-17-14/h4-5,7-8,19H,2-3,6,9-11H2,1H3,(H,16,17). The quantitative estimate of drug-likeness (QED) is 0.761. The Morgan fingerprint density at radius 2 is 2.10 bits per heavy atom. The number of unbranched alkanes of at least 4 members (excludes halogenated alkanes) is 2. The summed E-state index contributed by atoms with van der Waals surface area (Å²) in [6, 6.07) is 7.57. The smallest absolute Gasteiger partial charge is 0.275 e. The molecule has 108 valence electrons. The van der Waals surface area contributed by atoms with E-state index in [-0.39, 0.29) is 12.5 Å². The highest BCUT2D eigenvalue weighted by atomic mass is 16.3. The van der Waals surface area contributed by atoms with E-state index in [1.807, 2.05) is 24.3 Å². The van der Waals surface area contributed by atoms with E-state index in [9.17, 15) is 4.79 Å². The number of aliphatic hydroxyl groups is 1. The molecule has 0 unspecified atom stereocenters. The molecule has 2 N–H and O–H groups in total. The highest BCUT2D eigenvalue weighted by molar-refractivity contribution is 6.04. The fourth-order valence-corrected chi connectivity index (χ4v) is 2.26. The van der Waals surface area contributed by atoms with Crippen molar-refractivity contribution in [2.45, 2.75) is 26.2 Å². The van der Waals surface area contributed by atoms with Gasteiger partial charge in [0.25, 0.3) is 5.91 Å². The Labute approximate surface area is 118 Å². The molecule has 0 saturated carbocycles. The number of aromatic nitrogens is 2. The molecule has 0 bridgehead atoms. The van der Waals surface area contributed by atoms with Gasteiger partial charge in [0.2, 0.25) is 0 Å². The maximum absolute atomic E-state index is 12.5. The Morgan fingerprint density at radius 3 is 2.85 bits per heavy atom. The normalized spacial score (nSPS) is 10.9. The molecule has 0 aliphatic heterocycles. The van der Waals surface area contributed by atoms with Crippen LogP contribution in [0.1, 0.15) is 36.7 Å². The van der Waals surface area contributed by atoms with Gasteiger partial charge < -0.3 is 10.0 Å². The molecule has 1 heterocycles. The first-order chi connectivity index (χ1) is 9.77. The molecule has 2 aromatic rings. The first-order valence-corrected chi connectivity index (χ1v) is 7.11. The van der Waals surface area contributed by atoms with Crippen molar-refractivity contribution in [3.05, 3.63) is 30.0 Å². The van der Waals surface area contributed by atoms with Crippen LogP contribution in [0, 0.1) is 0 Å². The van der Waals surface area contributed by atoms with Gasteiger partial charge >= 0.3 is 0 Å². The lowest BCUT2D eigenvalue weighted by Crippen LogP contribution is -2.34. The summed E-state index contributed by atoms with van der Waals surface area (Å²) in [5.74, 6) is -0.118. The molecule has 0 fully saturated rings. The number of hydrogen-bond donors (Lipinski definition) is 2. The molecule has 0 atom stereocenters. The van der Waals surface area contributed by atoms with Gasteiger partial charge in [0.05, 0.1) is 12.1 Å². The fraction of sp³-hybridized carbons (Fsp3) is 0.467. The average molecular weight is 275 g/mol. The number of carbonyl (C=O) groups is 1. The monoisotopic (exact) mass is 275 g/mol. The van der Waals surface area contributed by atoms with E-state index in [1.165, 1.54) is 0 Å². The molecule has 2 rings (SSSR count). The zero-order chi connectivity index (χ0) is 14.4. The lowest BCUT2D eigenvalue weighted by atomic mass is 10.2. The van der Waals surface area contributed by atoms with Gasteiger partial charge in [-0.05, 0) is 12.5 Å². The second-order valence-electron chi connectivity index (χ2n) is 4.84. The Hall–Kier alpha value is -1.88. The van der Waals surface area contributed by atoms with Crippen LogP contribution in [0.5, 0.6) is 0 Å². The predicted molar refractivity (Wildman–Crippen MR) is 78.6 cm³/mol. The molecule has 0 aliphatic carbocycles. The summed E-state index contributed by atoms with van der Waals surface area (Å²) in [7, 11) is 0. The second-order valence-corrected chi connectivity index (χ2v) is 4.84. The number of aliphatic hydroxyl groups excluding tert-OH is 1. The van der Waals surface area contributed by atoms with Crippen molar-refractivity contribution < 1.29 is 9.90 Å². The van der Waals surface area contributed by atoms with Crippen molar-refractivity contribution in [2.75, 3.05) is 19.7 Å². The number of amides is 1. The number of nitrogens with zero attached hydrogens (tertiary/aromatic N) is 2. The molecule has 1 aromatic heterocycles. The van der Waals surface area contributed by atoms with Crippen molar-refractivity contribution >= 4 is 16.8 Å². The van der Waals surface area contributed by atoms with Crippen LogP contribution in [-0.2, 0) is 0 Å². The van der Waals surface area contributed by atoms with Gasteiger partial charge in [0.1, 0.15) is 0 Å². The van der Waals surface area contributed by atoms with Crippen molar-refractivity contribution in [2.24, 2.45) is 0 Å².